The van der Waals surface area contributed by atoms with E-state index in [0.717, 1.165) is 4.90 Å². The fourth-order valence-electron chi connectivity index (χ4n) is 1.87. The molecule has 0 bridgehead atoms. The first kappa shape index (κ1) is 15.9. The smallest absolute Gasteiger partial charge is 0.173 e. The molecule has 22 heavy (non-hydrogen) atoms. The van der Waals surface area contributed by atoms with Crippen LogP contribution in [0.25, 0.3) is 0 Å². The molecule has 4 nitrogen and oxygen atoms in total. The first-order chi connectivity index (χ1) is 10.7. The van der Waals surface area contributed by atoms with Gasteiger partial charge in [-0.3, -0.25) is 4.79 Å². The Labute approximate surface area is 133 Å². The highest BCUT2D eigenvalue weighted by Gasteiger charge is 2.09. The topological polar surface area (TPSA) is 59.3 Å². The molecule has 0 amide bonds. The van der Waals surface area contributed by atoms with Crippen LogP contribution in [0.5, 0.6) is 11.5 Å². The summed E-state index contributed by atoms with van der Waals surface area (Å²) in [6.45, 7) is 0. The number of benzene rings is 2. The summed E-state index contributed by atoms with van der Waals surface area (Å²) in [6, 6.07) is 14.2. The van der Waals surface area contributed by atoms with Gasteiger partial charge in [0.05, 0.1) is 31.6 Å². The molecule has 0 aliphatic heterocycles. The molecule has 0 heterocycles. The highest BCUT2D eigenvalue weighted by Crippen LogP contribution is 2.32. The monoisotopic (exact) mass is 313 g/mol. The van der Waals surface area contributed by atoms with E-state index >= 15 is 0 Å². The molecule has 5 heteroatoms. The van der Waals surface area contributed by atoms with Gasteiger partial charge in [-0.2, -0.15) is 5.26 Å². The van der Waals surface area contributed by atoms with Crippen molar-refractivity contribution in [3.8, 4) is 17.6 Å². The van der Waals surface area contributed by atoms with Gasteiger partial charge in [0.25, 0.3) is 0 Å². The lowest BCUT2D eigenvalue weighted by molar-refractivity contribution is 0.102. The van der Waals surface area contributed by atoms with Gasteiger partial charge >= 0.3 is 0 Å². The SMILES string of the molecule is COc1ccc(SCC(=O)c2ccc(C#N)cc2)cc1OC. The molecule has 0 aliphatic rings. The molecule has 0 atom stereocenters. The maximum Gasteiger partial charge on any atom is 0.173 e. The van der Waals surface area contributed by atoms with Gasteiger partial charge in [0.15, 0.2) is 17.3 Å². The van der Waals surface area contributed by atoms with Gasteiger partial charge in [-0.05, 0) is 30.3 Å². The van der Waals surface area contributed by atoms with E-state index in [2.05, 4.69) is 0 Å². The van der Waals surface area contributed by atoms with Gasteiger partial charge in [-0.25, -0.2) is 0 Å². The Kier molecular flexibility index (Phi) is 5.45. The van der Waals surface area contributed by atoms with Crippen molar-refractivity contribution < 1.29 is 14.3 Å². The minimum absolute atomic E-state index is 0.0178. The number of Topliss-reactive ketones (excluding diaryl/α,β-unsaturated/α-hetero) is 1. The Hall–Kier alpha value is -2.45. The second-order valence-corrected chi connectivity index (χ2v) is 5.47. The number of rotatable bonds is 6. The fourth-order valence-corrected chi connectivity index (χ4v) is 2.69. The highest BCUT2D eigenvalue weighted by atomic mass is 32.2. The van der Waals surface area contributed by atoms with Crippen LogP contribution < -0.4 is 9.47 Å². The van der Waals surface area contributed by atoms with Crippen molar-refractivity contribution in [3.63, 3.8) is 0 Å². The van der Waals surface area contributed by atoms with Crippen molar-refractivity contribution in [1.29, 1.82) is 5.26 Å². The zero-order chi connectivity index (χ0) is 15.9. The van der Waals surface area contributed by atoms with E-state index in [1.807, 2.05) is 24.3 Å². The molecule has 0 saturated heterocycles. The summed E-state index contributed by atoms with van der Waals surface area (Å²) in [6.07, 6.45) is 0. The largest absolute Gasteiger partial charge is 0.493 e. The number of hydrogen-bond donors (Lipinski definition) is 0. The van der Waals surface area contributed by atoms with Crippen molar-refractivity contribution in [2.75, 3.05) is 20.0 Å². The van der Waals surface area contributed by atoms with Gasteiger partial charge in [-0.1, -0.05) is 12.1 Å². The van der Waals surface area contributed by atoms with Crippen LogP contribution >= 0.6 is 11.8 Å². The molecular weight excluding hydrogens is 298 g/mol. The third-order valence-corrected chi connectivity index (χ3v) is 4.05. The number of nitrogens with zero attached hydrogens (tertiary/aromatic N) is 1. The normalized spacial score (nSPS) is 9.86. The van der Waals surface area contributed by atoms with E-state index in [4.69, 9.17) is 14.7 Å². The Balaban J connectivity index is 2.03. The summed E-state index contributed by atoms with van der Waals surface area (Å²) in [5.41, 5.74) is 1.15. The van der Waals surface area contributed by atoms with Gasteiger partial charge in [-0.15, -0.1) is 11.8 Å². The van der Waals surface area contributed by atoms with Crippen molar-refractivity contribution >= 4 is 17.5 Å². The average Bonchev–Trinajstić information content (AvgIpc) is 2.59. The third kappa shape index (κ3) is 3.80. The zero-order valence-corrected chi connectivity index (χ0v) is 13.1. The number of nitriles is 1. The number of hydrogen-bond acceptors (Lipinski definition) is 5. The Morgan fingerprint density at radius 2 is 1.77 bits per heavy atom. The van der Waals surface area contributed by atoms with Gasteiger partial charge < -0.3 is 9.47 Å². The summed E-state index contributed by atoms with van der Waals surface area (Å²) < 4.78 is 10.4. The minimum Gasteiger partial charge on any atom is -0.493 e. The zero-order valence-electron chi connectivity index (χ0n) is 12.3. The number of carbonyl (C=O) groups excluding carboxylic acids is 1. The molecule has 2 aromatic rings. The van der Waals surface area contributed by atoms with Crippen molar-refractivity contribution in [1.82, 2.24) is 0 Å². The lowest BCUT2D eigenvalue weighted by Crippen LogP contribution is -2.02. The number of ketones is 1. The van der Waals surface area contributed by atoms with E-state index < -0.39 is 0 Å². The Morgan fingerprint density at radius 3 is 2.36 bits per heavy atom. The second kappa shape index (κ2) is 7.53. The number of thioether (sulfide) groups is 1. The first-order valence-corrected chi connectivity index (χ1v) is 7.54. The molecule has 0 fully saturated rings. The maximum absolute atomic E-state index is 12.1. The predicted molar refractivity (Wildman–Crippen MR) is 85.8 cm³/mol. The van der Waals surface area contributed by atoms with Gasteiger partial charge in [0.2, 0.25) is 0 Å². The van der Waals surface area contributed by atoms with E-state index in [0.29, 0.717) is 28.4 Å². The summed E-state index contributed by atoms with van der Waals surface area (Å²) in [7, 11) is 3.16. The van der Waals surface area contributed by atoms with Crippen LogP contribution in [0.15, 0.2) is 47.4 Å². The molecule has 0 radical (unpaired) electrons. The highest BCUT2D eigenvalue weighted by molar-refractivity contribution is 8.00. The van der Waals surface area contributed by atoms with E-state index in [1.165, 1.54) is 11.8 Å². The predicted octanol–water partition coefficient (Wildman–Crippen LogP) is 3.55. The molecule has 0 unspecified atom stereocenters. The number of carbonyl (C=O) groups is 1. The van der Waals surface area contributed by atoms with Crippen molar-refractivity contribution in [2.45, 2.75) is 4.90 Å². The van der Waals surface area contributed by atoms with E-state index in [9.17, 15) is 4.79 Å². The Morgan fingerprint density at radius 1 is 1.09 bits per heavy atom. The van der Waals surface area contributed by atoms with Crippen LogP contribution in [0.4, 0.5) is 0 Å². The van der Waals surface area contributed by atoms with Gasteiger partial charge in [0, 0.05) is 10.5 Å². The number of methoxy groups -OCH3 is 2. The first-order valence-electron chi connectivity index (χ1n) is 6.56. The average molecular weight is 313 g/mol. The summed E-state index contributed by atoms with van der Waals surface area (Å²) in [5.74, 6) is 1.63. The van der Waals surface area contributed by atoms with Crippen molar-refractivity contribution in [3.05, 3.63) is 53.6 Å². The molecule has 0 saturated carbocycles. The molecule has 2 aromatic carbocycles. The molecule has 0 aliphatic carbocycles. The summed E-state index contributed by atoms with van der Waals surface area (Å²) in [5, 5.41) is 8.75. The van der Waals surface area contributed by atoms with Crippen LogP contribution in [0.3, 0.4) is 0 Å². The minimum atomic E-state index is 0.0178. The van der Waals surface area contributed by atoms with Crippen LogP contribution in [0, 0.1) is 11.3 Å². The van der Waals surface area contributed by atoms with E-state index in [1.54, 1.807) is 38.5 Å². The standard InChI is InChI=1S/C17H15NO3S/c1-20-16-8-7-14(9-17(16)21-2)22-11-15(19)13-5-3-12(10-18)4-6-13/h3-9H,11H2,1-2H3. The van der Waals surface area contributed by atoms with Crippen LogP contribution in [-0.4, -0.2) is 25.8 Å². The fraction of sp³-hybridized carbons (Fsp3) is 0.176. The van der Waals surface area contributed by atoms with Crippen LogP contribution in [0.2, 0.25) is 0 Å². The van der Waals surface area contributed by atoms with Gasteiger partial charge in [0.1, 0.15) is 0 Å². The molecule has 0 spiro atoms. The van der Waals surface area contributed by atoms with E-state index in [-0.39, 0.29) is 5.78 Å². The molecule has 2 rings (SSSR count). The Bertz CT molecular complexity index is 705. The molecule has 112 valence electrons. The number of ether oxygens (including phenoxy) is 2. The van der Waals surface area contributed by atoms with Crippen LogP contribution in [0.1, 0.15) is 15.9 Å². The lowest BCUT2D eigenvalue weighted by Gasteiger charge is -2.09. The molecule has 0 aromatic heterocycles. The van der Waals surface area contributed by atoms with Crippen LogP contribution in [-0.2, 0) is 0 Å². The third-order valence-electron chi connectivity index (χ3n) is 3.06. The second-order valence-electron chi connectivity index (χ2n) is 4.42. The summed E-state index contributed by atoms with van der Waals surface area (Å²) in [4.78, 5) is 13.1. The summed E-state index contributed by atoms with van der Waals surface area (Å²) >= 11 is 1.43. The molecular formula is C17H15NO3S. The quantitative estimate of drug-likeness (QED) is 0.603. The maximum atomic E-state index is 12.1. The molecule has 0 N–H and O–H groups in total. The lowest BCUT2D eigenvalue weighted by atomic mass is 10.1. The van der Waals surface area contributed by atoms with Crippen molar-refractivity contribution in [2.24, 2.45) is 0 Å².